The highest BCUT2D eigenvalue weighted by Gasteiger charge is 2.47. The number of hydrogen-bond acceptors (Lipinski definition) is 2. The van der Waals surface area contributed by atoms with Crippen LogP contribution in [0.3, 0.4) is 0 Å². The molecule has 0 amide bonds. The molecule has 2 saturated heterocycles. The van der Waals surface area contributed by atoms with Crippen LogP contribution in [0.2, 0.25) is 0 Å². The first-order chi connectivity index (χ1) is 22.8. The third kappa shape index (κ3) is 4.86. The number of hydrogen-bond donors (Lipinski definition) is 0. The van der Waals surface area contributed by atoms with Gasteiger partial charge in [-0.2, -0.15) is 0 Å². The minimum absolute atomic E-state index is 0.0741. The molecule has 5 aromatic rings. The first-order valence-electron chi connectivity index (χ1n) is 17.4. The van der Waals surface area contributed by atoms with E-state index in [9.17, 15) is 0 Å². The summed E-state index contributed by atoms with van der Waals surface area (Å²) in [5.41, 5.74) is 11.4. The summed E-state index contributed by atoms with van der Waals surface area (Å²) in [4.78, 5) is 0. The maximum Gasteiger partial charge on any atom is 0.0864 e. The predicted molar refractivity (Wildman–Crippen MR) is 184 cm³/mol. The van der Waals surface area contributed by atoms with Gasteiger partial charge in [0.1, 0.15) is 0 Å². The lowest BCUT2D eigenvalue weighted by molar-refractivity contribution is -0.0703. The van der Waals surface area contributed by atoms with Crippen molar-refractivity contribution in [3.8, 4) is 0 Å². The van der Waals surface area contributed by atoms with Crippen molar-refractivity contribution in [2.75, 3.05) is 13.2 Å². The SMILES string of the molecule is c1ccc([C@H]2c3ccccc3C[C@H]3CCO[C@@H](c4ccc([C@@H]5OCC[C@@H]6Cc7ccccc7[C@H](c7ccccc7)[C@H]65)cc4)[C@@H]32)cc1. The van der Waals surface area contributed by atoms with E-state index < -0.39 is 0 Å². The Hall–Kier alpha value is -3.98. The zero-order chi connectivity index (χ0) is 30.5. The second-order valence-electron chi connectivity index (χ2n) is 14.1. The molecule has 0 N–H and O–H groups in total. The third-order valence-corrected chi connectivity index (χ3v) is 11.8. The fraction of sp³-hybridized carbons (Fsp3) is 0.318. The van der Waals surface area contributed by atoms with Crippen LogP contribution >= 0.6 is 0 Å². The van der Waals surface area contributed by atoms with Crippen LogP contribution in [-0.4, -0.2) is 13.2 Å². The quantitative estimate of drug-likeness (QED) is 0.204. The van der Waals surface area contributed by atoms with Crippen molar-refractivity contribution in [3.05, 3.63) is 178 Å². The van der Waals surface area contributed by atoms with Crippen LogP contribution in [0.25, 0.3) is 0 Å². The lowest BCUT2D eigenvalue weighted by Gasteiger charge is -2.48. The molecular weight excluding hydrogens is 560 g/mol. The average molecular weight is 603 g/mol. The lowest BCUT2D eigenvalue weighted by Crippen LogP contribution is -2.40. The molecule has 0 radical (unpaired) electrons. The van der Waals surface area contributed by atoms with Gasteiger partial charge in [-0.05, 0) is 82.0 Å². The summed E-state index contributed by atoms with van der Waals surface area (Å²) in [6, 6.07) is 50.1. The van der Waals surface area contributed by atoms with E-state index in [4.69, 9.17) is 9.47 Å². The highest BCUT2D eigenvalue weighted by molar-refractivity contribution is 5.45. The first-order valence-corrected chi connectivity index (χ1v) is 17.4. The van der Waals surface area contributed by atoms with Crippen molar-refractivity contribution in [2.45, 2.75) is 49.7 Å². The molecule has 0 spiro atoms. The Balaban J connectivity index is 1.07. The van der Waals surface area contributed by atoms with Crippen LogP contribution in [0.5, 0.6) is 0 Å². The maximum atomic E-state index is 6.75. The van der Waals surface area contributed by atoms with Gasteiger partial charge in [0.05, 0.1) is 12.2 Å². The van der Waals surface area contributed by atoms with Crippen LogP contribution in [0.15, 0.2) is 133 Å². The van der Waals surface area contributed by atoms with Gasteiger partial charge in [-0.25, -0.2) is 0 Å². The molecular formula is C44H42O2. The normalized spacial score (nSPS) is 29.9. The molecule has 2 nitrogen and oxygen atoms in total. The van der Waals surface area contributed by atoms with E-state index >= 15 is 0 Å². The summed E-state index contributed by atoms with van der Waals surface area (Å²) in [5, 5.41) is 0. The minimum atomic E-state index is 0.0741. The van der Waals surface area contributed by atoms with Crippen molar-refractivity contribution in [1.82, 2.24) is 0 Å². The summed E-state index contributed by atoms with van der Waals surface area (Å²) in [7, 11) is 0. The monoisotopic (exact) mass is 602 g/mol. The lowest BCUT2D eigenvalue weighted by atomic mass is 9.61. The van der Waals surface area contributed by atoms with Crippen molar-refractivity contribution < 1.29 is 9.47 Å². The Kier molecular flexibility index (Phi) is 7.37. The second-order valence-corrected chi connectivity index (χ2v) is 14.1. The van der Waals surface area contributed by atoms with Gasteiger partial charge < -0.3 is 9.47 Å². The Labute approximate surface area is 273 Å². The van der Waals surface area contributed by atoms with E-state index in [1.54, 1.807) is 0 Å². The van der Waals surface area contributed by atoms with Crippen molar-refractivity contribution >= 4 is 0 Å². The van der Waals surface area contributed by atoms with Gasteiger partial charge in [-0.1, -0.05) is 133 Å². The van der Waals surface area contributed by atoms with Crippen LogP contribution < -0.4 is 0 Å². The molecule has 46 heavy (non-hydrogen) atoms. The summed E-state index contributed by atoms with van der Waals surface area (Å²) in [5.74, 6) is 2.69. The average Bonchev–Trinajstić information content (AvgIpc) is 3.13. The molecule has 0 saturated carbocycles. The van der Waals surface area contributed by atoms with Crippen LogP contribution in [-0.2, 0) is 22.3 Å². The fourth-order valence-corrected chi connectivity index (χ4v) is 9.83. The third-order valence-electron chi connectivity index (χ3n) is 11.8. The molecule has 5 aromatic carbocycles. The molecule has 8 atom stereocenters. The molecule has 2 fully saturated rings. The number of benzene rings is 5. The van der Waals surface area contributed by atoms with E-state index in [0.717, 1.165) is 38.9 Å². The molecule has 2 heteroatoms. The summed E-state index contributed by atoms with van der Waals surface area (Å²) in [6.45, 7) is 1.65. The summed E-state index contributed by atoms with van der Waals surface area (Å²) in [6.07, 6.45) is 4.68. The van der Waals surface area contributed by atoms with E-state index in [1.165, 1.54) is 44.5 Å². The number of ether oxygens (including phenoxy) is 2. The molecule has 0 unspecified atom stereocenters. The second kappa shape index (κ2) is 12.0. The molecule has 2 aliphatic heterocycles. The first kappa shape index (κ1) is 28.3. The Morgan fingerprint density at radius 1 is 0.391 bits per heavy atom. The topological polar surface area (TPSA) is 18.5 Å². The Bertz CT molecular complexity index is 1660. The summed E-state index contributed by atoms with van der Waals surface area (Å²) >= 11 is 0. The zero-order valence-corrected chi connectivity index (χ0v) is 26.4. The van der Waals surface area contributed by atoms with Gasteiger partial charge in [0.25, 0.3) is 0 Å². The molecule has 230 valence electrons. The van der Waals surface area contributed by atoms with Crippen molar-refractivity contribution in [3.63, 3.8) is 0 Å². The Morgan fingerprint density at radius 2 is 0.783 bits per heavy atom. The molecule has 2 aliphatic carbocycles. The zero-order valence-electron chi connectivity index (χ0n) is 26.4. The van der Waals surface area contributed by atoms with Crippen LogP contribution in [0.1, 0.15) is 81.4 Å². The Morgan fingerprint density at radius 3 is 1.22 bits per heavy atom. The van der Waals surface area contributed by atoms with E-state index in [0.29, 0.717) is 35.5 Å². The van der Waals surface area contributed by atoms with Gasteiger partial charge in [0.15, 0.2) is 0 Å². The molecule has 4 aliphatic rings. The van der Waals surface area contributed by atoms with Gasteiger partial charge in [0.2, 0.25) is 0 Å². The predicted octanol–water partition coefficient (Wildman–Crippen LogP) is 9.85. The van der Waals surface area contributed by atoms with Gasteiger partial charge in [-0.3, -0.25) is 0 Å². The summed E-state index contributed by atoms with van der Waals surface area (Å²) < 4.78 is 13.5. The smallest absolute Gasteiger partial charge is 0.0864 e. The highest BCUT2D eigenvalue weighted by Crippen LogP contribution is 2.55. The van der Waals surface area contributed by atoms with E-state index in [2.05, 4.69) is 133 Å². The molecule has 9 rings (SSSR count). The van der Waals surface area contributed by atoms with Gasteiger partial charge >= 0.3 is 0 Å². The molecule has 0 bridgehead atoms. The van der Waals surface area contributed by atoms with Gasteiger partial charge in [-0.15, -0.1) is 0 Å². The van der Waals surface area contributed by atoms with E-state index in [-0.39, 0.29) is 12.2 Å². The molecule has 0 aromatic heterocycles. The van der Waals surface area contributed by atoms with Crippen LogP contribution in [0, 0.1) is 23.7 Å². The standard InChI is InChI=1S/C44H42O2/c1-3-11-29(12-4-1)39-37-17-9-7-15-33(37)27-35-23-25-45-43(41(35)39)31-19-21-32(22-20-31)44-42-36(24-26-46-44)28-34-16-8-10-18-38(34)40(42)30-13-5-2-6-14-30/h1-22,35-36,39-44H,23-28H2/t35-,36-,39+,40+,41+,42+,43+,44+/m1/s1. The van der Waals surface area contributed by atoms with Gasteiger partial charge in [0, 0.05) is 36.9 Å². The largest absolute Gasteiger partial charge is 0.373 e. The highest BCUT2D eigenvalue weighted by atomic mass is 16.5. The van der Waals surface area contributed by atoms with Crippen molar-refractivity contribution in [2.24, 2.45) is 23.7 Å². The molecule has 2 heterocycles. The number of fused-ring (bicyclic) bond motifs is 4. The minimum Gasteiger partial charge on any atom is -0.373 e. The van der Waals surface area contributed by atoms with Crippen LogP contribution in [0.4, 0.5) is 0 Å². The number of rotatable bonds is 4. The van der Waals surface area contributed by atoms with E-state index in [1.807, 2.05) is 0 Å². The van der Waals surface area contributed by atoms with Crippen molar-refractivity contribution in [1.29, 1.82) is 0 Å². The maximum absolute atomic E-state index is 6.75. The fourth-order valence-electron chi connectivity index (χ4n) is 9.83.